The molecule has 1 fully saturated rings. The highest BCUT2D eigenvalue weighted by Crippen LogP contribution is 2.43. The number of β-lactam (4-membered cyclic amide) rings is 1. The third kappa shape index (κ3) is 3.45. The maximum atomic E-state index is 12.1. The first-order valence-corrected chi connectivity index (χ1v) is 8.82. The second-order valence-corrected chi connectivity index (χ2v) is 7.44. The summed E-state index contributed by atoms with van der Waals surface area (Å²) in [4.78, 5) is 35.3. The van der Waals surface area contributed by atoms with Crippen LogP contribution in [-0.2, 0) is 25.2 Å². The number of primary amides is 1. The molecular weight excluding hydrogens is 324 g/mol. The van der Waals surface area contributed by atoms with Gasteiger partial charge in [0.2, 0.25) is 11.8 Å². The van der Waals surface area contributed by atoms with E-state index in [1.165, 1.54) is 11.8 Å². The van der Waals surface area contributed by atoms with E-state index in [9.17, 15) is 28.8 Å². The van der Waals surface area contributed by atoms with Gasteiger partial charge in [-0.2, -0.15) is 0 Å². The molecule has 0 aromatic heterocycles. The summed E-state index contributed by atoms with van der Waals surface area (Å²) in [6, 6.07) is -0.369. The smallest absolute Gasteiger partial charge is 0.352 e. The third-order valence-corrected chi connectivity index (χ3v) is 5.57. The lowest BCUT2D eigenvalue weighted by Gasteiger charge is -2.44. The first-order chi connectivity index (χ1) is 10.7. The monoisotopic (exact) mass is 344 g/mol. The normalized spacial score (nSPS) is 25.8. The van der Waals surface area contributed by atoms with Crippen molar-refractivity contribution in [2.45, 2.75) is 38.3 Å². The molecule has 0 aliphatic carbocycles. The lowest BCUT2D eigenvalue weighted by Crippen LogP contribution is -2.61. The Labute approximate surface area is 135 Å². The molecule has 0 bridgehead atoms. The van der Waals surface area contributed by atoms with Crippen LogP contribution in [0, 0.1) is 5.92 Å². The lowest BCUT2D eigenvalue weighted by atomic mass is 9.83. The van der Waals surface area contributed by atoms with Gasteiger partial charge in [0.05, 0.1) is 18.1 Å². The average molecular weight is 344 g/mol. The summed E-state index contributed by atoms with van der Waals surface area (Å²) >= 11 is 0. The van der Waals surface area contributed by atoms with E-state index in [1.54, 1.807) is 0 Å². The zero-order chi connectivity index (χ0) is 17.3. The average Bonchev–Trinajstić information content (AvgIpc) is 2.72. The number of carbonyl (C=O) groups excluding carboxylic acids is 2. The van der Waals surface area contributed by atoms with Crippen molar-refractivity contribution in [3.05, 3.63) is 11.3 Å². The Balaban J connectivity index is 2.06. The Morgan fingerprint density at radius 1 is 1.48 bits per heavy atom. The number of carbonyl (C=O) groups is 3. The minimum absolute atomic E-state index is 0.0488. The van der Waals surface area contributed by atoms with Crippen molar-refractivity contribution in [3.63, 3.8) is 0 Å². The molecule has 8 nitrogen and oxygen atoms in total. The molecule has 0 saturated carbocycles. The molecular formula is C14H20N2O6S. The predicted octanol–water partition coefficient (Wildman–Crippen LogP) is -1.05. The van der Waals surface area contributed by atoms with Crippen molar-refractivity contribution in [1.29, 1.82) is 0 Å². The molecule has 0 aromatic carbocycles. The summed E-state index contributed by atoms with van der Waals surface area (Å²) in [5.41, 5.74) is 5.36. The quantitative estimate of drug-likeness (QED) is 0.480. The fraction of sp³-hybridized carbons (Fsp3) is 0.643. The highest BCUT2D eigenvalue weighted by Gasteiger charge is 2.56. The van der Waals surface area contributed by atoms with Gasteiger partial charge in [-0.3, -0.25) is 13.8 Å². The molecule has 2 amide bonds. The molecule has 9 heteroatoms. The van der Waals surface area contributed by atoms with Crippen LogP contribution in [0.2, 0.25) is 0 Å². The summed E-state index contributed by atoms with van der Waals surface area (Å²) < 4.78 is 12.1. The standard InChI is InChI=1S/C14H20N2O6S/c1-7(17)11-9-5-8(6-23(22)4-2-3-10(15)18)12(14(20)21)16(9)13(11)19/h7,9,11,17H,2-6H2,1H3,(H2,15,18)(H,20,21). The van der Waals surface area contributed by atoms with Gasteiger partial charge < -0.3 is 20.8 Å². The largest absolute Gasteiger partial charge is 0.477 e. The van der Waals surface area contributed by atoms with Crippen LogP contribution in [0.5, 0.6) is 0 Å². The number of carboxylic acid groups (broad SMARTS) is 1. The number of rotatable bonds is 8. The third-order valence-electron chi connectivity index (χ3n) is 4.15. The predicted molar refractivity (Wildman–Crippen MR) is 81.4 cm³/mol. The van der Waals surface area contributed by atoms with Crippen LogP contribution in [0.1, 0.15) is 26.2 Å². The zero-order valence-electron chi connectivity index (χ0n) is 12.7. The SMILES string of the molecule is CC(O)C1C(=O)N2C(C(=O)O)=C(CS(=O)CCCC(N)=O)CC12. The molecule has 2 rings (SSSR count). The van der Waals surface area contributed by atoms with Crippen molar-refractivity contribution in [3.8, 4) is 0 Å². The molecule has 0 spiro atoms. The van der Waals surface area contributed by atoms with Crippen LogP contribution >= 0.6 is 0 Å². The van der Waals surface area contributed by atoms with Gasteiger partial charge >= 0.3 is 5.97 Å². The van der Waals surface area contributed by atoms with Gasteiger partial charge in [-0.15, -0.1) is 0 Å². The number of amides is 2. The molecule has 4 atom stereocenters. The van der Waals surface area contributed by atoms with E-state index in [4.69, 9.17) is 5.73 Å². The van der Waals surface area contributed by atoms with Gasteiger partial charge in [0, 0.05) is 28.7 Å². The zero-order valence-corrected chi connectivity index (χ0v) is 13.5. The van der Waals surface area contributed by atoms with Crippen LogP contribution in [0.15, 0.2) is 11.3 Å². The summed E-state index contributed by atoms with van der Waals surface area (Å²) in [6.45, 7) is 1.50. The number of carboxylic acids is 1. The fourth-order valence-corrected chi connectivity index (χ4v) is 4.42. The second-order valence-electron chi connectivity index (χ2n) is 5.86. The van der Waals surface area contributed by atoms with Crippen LogP contribution in [0.3, 0.4) is 0 Å². The number of aliphatic carboxylic acids is 1. The first kappa shape index (κ1) is 17.6. The number of fused-ring (bicyclic) bond motifs is 1. The van der Waals surface area contributed by atoms with Crippen LogP contribution in [-0.4, -0.2) is 60.8 Å². The Morgan fingerprint density at radius 2 is 2.13 bits per heavy atom. The number of aliphatic hydroxyl groups excluding tert-OH is 1. The lowest BCUT2D eigenvalue weighted by molar-refractivity contribution is -0.161. The van der Waals surface area contributed by atoms with Crippen molar-refractivity contribution in [1.82, 2.24) is 4.90 Å². The first-order valence-electron chi connectivity index (χ1n) is 7.33. The molecule has 4 N–H and O–H groups in total. The van der Waals surface area contributed by atoms with Crippen LogP contribution < -0.4 is 5.73 Å². The van der Waals surface area contributed by atoms with E-state index < -0.39 is 40.6 Å². The minimum Gasteiger partial charge on any atom is -0.477 e. The minimum atomic E-state index is -1.33. The van der Waals surface area contributed by atoms with Crippen LogP contribution in [0.25, 0.3) is 0 Å². The highest BCUT2D eigenvalue weighted by atomic mass is 32.2. The van der Waals surface area contributed by atoms with E-state index in [-0.39, 0.29) is 29.7 Å². The number of nitrogens with zero attached hydrogens (tertiary/aromatic N) is 1. The molecule has 1 saturated heterocycles. The molecule has 0 aromatic rings. The molecule has 2 aliphatic rings. The van der Waals surface area contributed by atoms with Crippen molar-refractivity contribution >= 4 is 28.6 Å². The molecule has 128 valence electrons. The van der Waals surface area contributed by atoms with E-state index in [0.29, 0.717) is 18.4 Å². The van der Waals surface area contributed by atoms with Gasteiger partial charge in [0.25, 0.3) is 0 Å². The summed E-state index contributed by atoms with van der Waals surface area (Å²) in [5, 5.41) is 19.0. The number of hydrogen-bond donors (Lipinski definition) is 3. The van der Waals surface area contributed by atoms with E-state index in [2.05, 4.69) is 0 Å². The van der Waals surface area contributed by atoms with Crippen molar-refractivity contribution in [2.75, 3.05) is 11.5 Å². The van der Waals surface area contributed by atoms with Crippen LogP contribution in [0.4, 0.5) is 0 Å². The number of hydrogen-bond acceptors (Lipinski definition) is 5. The topological polar surface area (TPSA) is 138 Å². The Bertz CT molecular complexity index is 600. The van der Waals surface area contributed by atoms with Gasteiger partial charge in [-0.05, 0) is 25.3 Å². The van der Waals surface area contributed by atoms with E-state index >= 15 is 0 Å². The van der Waals surface area contributed by atoms with Gasteiger partial charge in [0.15, 0.2) is 0 Å². The van der Waals surface area contributed by atoms with Gasteiger partial charge in [0.1, 0.15) is 5.70 Å². The number of nitrogens with two attached hydrogens (primary N) is 1. The molecule has 23 heavy (non-hydrogen) atoms. The van der Waals surface area contributed by atoms with E-state index in [0.717, 1.165) is 0 Å². The van der Waals surface area contributed by atoms with Gasteiger partial charge in [-0.25, -0.2) is 4.79 Å². The molecule has 2 aliphatic heterocycles. The Morgan fingerprint density at radius 3 is 2.65 bits per heavy atom. The van der Waals surface area contributed by atoms with Gasteiger partial charge in [-0.1, -0.05) is 0 Å². The van der Waals surface area contributed by atoms with Crippen molar-refractivity contribution in [2.24, 2.45) is 11.7 Å². The highest BCUT2D eigenvalue weighted by molar-refractivity contribution is 7.85. The Hall–Kier alpha value is -1.74. The second kappa shape index (κ2) is 6.79. The molecule has 4 unspecified atom stereocenters. The maximum Gasteiger partial charge on any atom is 0.352 e. The molecule has 0 radical (unpaired) electrons. The summed E-state index contributed by atoms with van der Waals surface area (Å²) in [6.07, 6.45) is -0.0301. The fourth-order valence-electron chi connectivity index (χ4n) is 3.16. The summed E-state index contributed by atoms with van der Waals surface area (Å²) in [7, 11) is -1.33. The summed E-state index contributed by atoms with van der Waals surface area (Å²) in [5.74, 6) is -2.41. The van der Waals surface area contributed by atoms with E-state index in [1.807, 2.05) is 0 Å². The Kier molecular flexibility index (Phi) is 5.20. The maximum absolute atomic E-state index is 12.1. The van der Waals surface area contributed by atoms with Crippen molar-refractivity contribution < 1.29 is 28.8 Å². The molecule has 2 heterocycles. The number of aliphatic hydroxyl groups is 1.